The van der Waals surface area contributed by atoms with Crippen molar-refractivity contribution in [3.05, 3.63) is 64.0 Å². The number of amides is 2. The summed E-state index contributed by atoms with van der Waals surface area (Å²) in [5.74, 6) is -0.546. The lowest BCUT2D eigenvalue weighted by Crippen LogP contribution is -2.31. The summed E-state index contributed by atoms with van der Waals surface area (Å²) in [4.78, 5) is 31.0. The van der Waals surface area contributed by atoms with Gasteiger partial charge in [-0.2, -0.15) is 0 Å². The summed E-state index contributed by atoms with van der Waals surface area (Å²) in [7, 11) is 0. The fraction of sp³-hybridized carbons (Fsp3) is 0.105. The minimum atomic E-state index is -0.509. The zero-order valence-corrected chi connectivity index (χ0v) is 16.9. The van der Waals surface area contributed by atoms with Gasteiger partial charge in [0, 0.05) is 27.4 Å². The molecule has 27 heavy (non-hydrogen) atoms. The highest BCUT2D eigenvalue weighted by molar-refractivity contribution is 8.02. The standard InChI is InChI=1S/C19H12Cl2N2O2S2/c20-12-6-13(21)8-14(7-12)23-17(24)9-16(18(23)25)27-19-22-15(10-26-19)11-4-2-1-3-5-11/h1-8,10,16H,9H2/t16-/m1/s1. The Kier molecular flexibility index (Phi) is 5.23. The van der Waals surface area contributed by atoms with Crippen LogP contribution in [0.3, 0.4) is 0 Å². The van der Waals surface area contributed by atoms with Crippen LogP contribution in [0.15, 0.2) is 58.3 Å². The SMILES string of the molecule is O=C1C[C@@H](Sc2nc(-c3ccccc3)cs2)C(=O)N1c1cc(Cl)cc(Cl)c1. The number of halogens is 2. The molecular formula is C19H12Cl2N2O2S2. The monoisotopic (exact) mass is 434 g/mol. The number of imide groups is 1. The number of rotatable bonds is 4. The molecule has 0 aliphatic carbocycles. The quantitative estimate of drug-likeness (QED) is 0.505. The van der Waals surface area contributed by atoms with E-state index in [4.69, 9.17) is 23.2 Å². The van der Waals surface area contributed by atoms with Crippen molar-refractivity contribution in [3.8, 4) is 11.3 Å². The van der Waals surface area contributed by atoms with E-state index < -0.39 is 5.25 Å². The number of thiazole rings is 1. The molecule has 136 valence electrons. The first-order valence-electron chi connectivity index (χ1n) is 8.02. The lowest BCUT2D eigenvalue weighted by molar-refractivity contribution is -0.121. The number of hydrogen-bond acceptors (Lipinski definition) is 5. The van der Waals surface area contributed by atoms with E-state index in [1.54, 1.807) is 18.2 Å². The molecule has 1 aliphatic heterocycles. The lowest BCUT2D eigenvalue weighted by atomic mass is 10.2. The first kappa shape index (κ1) is 18.5. The van der Waals surface area contributed by atoms with E-state index >= 15 is 0 Å². The maximum Gasteiger partial charge on any atom is 0.247 e. The van der Waals surface area contributed by atoms with Crippen LogP contribution in [0, 0.1) is 0 Å². The van der Waals surface area contributed by atoms with Gasteiger partial charge in [-0.15, -0.1) is 11.3 Å². The zero-order valence-electron chi connectivity index (χ0n) is 13.8. The van der Waals surface area contributed by atoms with Gasteiger partial charge in [-0.3, -0.25) is 9.59 Å². The Morgan fingerprint density at radius 2 is 1.78 bits per heavy atom. The van der Waals surface area contributed by atoms with Gasteiger partial charge in [0.25, 0.3) is 0 Å². The van der Waals surface area contributed by atoms with Gasteiger partial charge in [0.2, 0.25) is 11.8 Å². The molecule has 2 aromatic carbocycles. The zero-order chi connectivity index (χ0) is 19.0. The maximum absolute atomic E-state index is 12.8. The van der Waals surface area contributed by atoms with Crippen LogP contribution < -0.4 is 4.90 Å². The molecule has 1 atom stereocenters. The van der Waals surface area contributed by atoms with Crippen LogP contribution in [0.4, 0.5) is 5.69 Å². The molecule has 0 bridgehead atoms. The normalized spacial score (nSPS) is 17.0. The number of aromatic nitrogens is 1. The van der Waals surface area contributed by atoms with Crippen molar-refractivity contribution in [3.63, 3.8) is 0 Å². The van der Waals surface area contributed by atoms with Crippen molar-refractivity contribution in [2.45, 2.75) is 16.0 Å². The van der Waals surface area contributed by atoms with E-state index in [-0.39, 0.29) is 18.2 Å². The van der Waals surface area contributed by atoms with Crippen molar-refractivity contribution in [1.29, 1.82) is 0 Å². The Morgan fingerprint density at radius 3 is 2.48 bits per heavy atom. The van der Waals surface area contributed by atoms with E-state index in [2.05, 4.69) is 4.98 Å². The van der Waals surface area contributed by atoms with Gasteiger partial charge in [0.1, 0.15) is 5.25 Å². The maximum atomic E-state index is 12.8. The van der Waals surface area contributed by atoms with Gasteiger partial charge >= 0.3 is 0 Å². The summed E-state index contributed by atoms with van der Waals surface area (Å²) < 4.78 is 0.756. The van der Waals surface area contributed by atoms with Crippen molar-refractivity contribution in [2.75, 3.05) is 4.90 Å². The highest BCUT2D eigenvalue weighted by Gasteiger charge is 2.40. The fourth-order valence-electron chi connectivity index (χ4n) is 2.81. The predicted molar refractivity (Wildman–Crippen MR) is 111 cm³/mol. The topological polar surface area (TPSA) is 50.3 Å². The second-order valence-corrected chi connectivity index (χ2v) is 9.05. The Hall–Kier alpha value is -1.86. The van der Waals surface area contributed by atoms with Gasteiger partial charge in [0.05, 0.1) is 11.4 Å². The van der Waals surface area contributed by atoms with E-state index in [0.717, 1.165) is 20.5 Å². The first-order valence-corrected chi connectivity index (χ1v) is 10.5. The average molecular weight is 435 g/mol. The molecule has 4 rings (SSSR count). The van der Waals surface area contributed by atoms with Crippen LogP contribution in [0.1, 0.15) is 6.42 Å². The molecule has 0 radical (unpaired) electrons. The highest BCUT2D eigenvalue weighted by atomic mass is 35.5. The van der Waals surface area contributed by atoms with Gasteiger partial charge in [-0.1, -0.05) is 65.3 Å². The predicted octanol–water partition coefficient (Wildman–Crippen LogP) is 5.54. The van der Waals surface area contributed by atoms with Gasteiger partial charge in [-0.05, 0) is 18.2 Å². The van der Waals surface area contributed by atoms with Crippen LogP contribution >= 0.6 is 46.3 Å². The molecule has 2 amide bonds. The minimum Gasteiger partial charge on any atom is -0.274 e. The lowest BCUT2D eigenvalue weighted by Gasteiger charge is -2.15. The molecule has 8 heteroatoms. The smallest absolute Gasteiger partial charge is 0.247 e. The van der Waals surface area contributed by atoms with E-state index in [9.17, 15) is 9.59 Å². The summed E-state index contributed by atoms with van der Waals surface area (Å²) in [5.41, 5.74) is 2.28. The van der Waals surface area contributed by atoms with Crippen LogP contribution in [0.2, 0.25) is 10.0 Å². The summed E-state index contributed by atoms with van der Waals surface area (Å²) in [6.07, 6.45) is 0.119. The van der Waals surface area contributed by atoms with Crippen LogP contribution in [-0.2, 0) is 9.59 Å². The molecule has 0 N–H and O–H groups in total. The summed E-state index contributed by atoms with van der Waals surface area (Å²) in [5, 5.41) is 2.20. The van der Waals surface area contributed by atoms with Crippen molar-refractivity contribution < 1.29 is 9.59 Å². The summed E-state index contributed by atoms with van der Waals surface area (Å²) in [6.45, 7) is 0. The summed E-state index contributed by atoms with van der Waals surface area (Å²) in [6, 6.07) is 14.5. The molecule has 0 saturated carbocycles. The molecule has 1 aromatic heterocycles. The second-order valence-electron chi connectivity index (χ2n) is 5.87. The molecule has 1 saturated heterocycles. The van der Waals surface area contributed by atoms with Gasteiger partial charge < -0.3 is 0 Å². The van der Waals surface area contributed by atoms with Gasteiger partial charge in [-0.25, -0.2) is 9.88 Å². The Bertz CT molecular complexity index is 1000. The number of anilines is 1. The highest BCUT2D eigenvalue weighted by Crippen LogP contribution is 2.37. The number of thioether (sulfide) groups is 1. The Labute approximate surface area is 174 Å². The number of benzene rings is 2. The largest absolute Gasteiger partial charge is 0.274 e. The molecule has 0 unspecified atom stereocenters. The van der Waals surface area contributed by atoms with Gasteiger partial charge in [0.15, 0.2) is 4.34 Å². The fourth-order valence-corrected chi connectivity index (χ4v) is 5.42. The third kappa shape index (κ3) is 3.89. The average Bonchev–Trinajstić information content (AvgIpc) is 3.20. The van der Waals surface area contributed by atoms with Crippen molar-refractivity contribution in [2.24, 2.45) is 0 Å². The minimum absolute atomic E-state index is 0.119. The van der Waals surface area contributed by atoms with Crippen molar-refractivity contribution >= 4 is 63.8 Å². The number of nitrogens with zero attached hydrogens (tertiary/aromatic N) is 2. The number of carbonyl (C=O) groups is 2. The molecule has 4 nitrogen and oxygen atoms in total. The Balaban J connectivity index is 1.53. The van der Waals surface area contributed by atoms with E-state index in [1.165, 1.54) is 23.1 Å². The molecule has 0 spiro atoms. The third-order valence-electron chi connectivity index (χ3n) is 4.01. The molecule has 1 aliphatic rings. The van der Waals surface area contributed by atoms with E-state index in [0.29, 0.717) is 15.7 Å². The summed E-state index contributed by atoms with van der Waals surface area (Å²) >= 11 is 14.8. The number of hydrogen-bond donors (Lipinski definition) is 0. The Morgan fingerprint density at radius 1 is 1.07 bits per heavy atom. The molecular weight excluding hydrogens is 423 g/mol. The third-order valence-corrected chi connectivity index (χ3v) is 6.60. The first-order chi connectivity index (χ1) is 13.0. The van der Waals surface area contributed by atoms with Crippen LogP contribution in [-0.4, -0.2) is 22.0 Å². The van der Waals surface area contributed by atoms with Crippen LogP contribution in [0.5, 0.6) is 0 Å². The van der Waals surface area contributed by atoms with Crippen molar-refractivity contribution in [1.82, 2.24) is 4.98 Å². The molecule has 2 heterocycles. The molecule has 3 aromatic rings. The molecule has 1 fully saturated rings. The second kappa shape index (κ2) is 7.64. The van der Waals surface area contributed by atoms with E-state index in [1.807, 2.05) is 35.7 Å². The number of carbonyl (C=O) groups excluding carboxylic acids is 2. The van der Waals surface area contributed by atoms with Crippen LogP contribution in [0.25, 0.3) is 11.3 Å².